The molecule has 1 aromatic heterocycles. The first-order valence-electron chi connectivity index (χ1n) is 49.3. The van der Waals surface area contributed by atoms with Crippen LogP contribution in [0.1, 0.15) is 190 Å². The number of ether oxygens (including phenoxy) is 2. The minimum atomic E-state index is -1.61. The summed E-state index contributed by atoms with van der Waals surface area (Å²) in [5.74, 6) is -0.941. The van der Waals surface area contributed by atoms with Crippen molar-refractivity contribution in [1.82, 2.24) is 31.5 Å². The molecule has 0 aliphatic carbocycles. The average molecular weight is 2170 g/mol. The van der Waals surface area contributed by atoms with E-state index >= 15 is 0 Å². The predicted molar refractivity (Wildman–Crippen MR) is 584 cm³/mol. The molecule has 9 aromatic rings. The number of anilines is 5. The van der Waals surface area contributed by atoms with Crippen molar-refractivity contribution in [3.05, 3.63) is 276 Å². The summed E-state index contributed by atoms with van der Waals surface area (Å²) in [7, 11) is -2.29. The SMILES string of the molecule is CC(C)(C)OC(=O)N[C@H]1CCc2ccc(B3OC(C)(C)C(C)(C)O3)cc2NC1=O.CC(C)(C)OC(=O)N[C@H]1CCc2ccc(Br)cc2NC1=O.CC1(C)OB(c2ccc3c(c2)NC(=O)[C@@H](NC(=O)C2=CC(Cc4ccccc4)=NC2)CC3)OC1(C)C.N[C@H]1CCc2ccc(Br)cc2NC1=O.O=BC#CO.O=C(N[C@H]1CCc2ccc(B(O)O)cc2NC1=O)C1=CC(Cc2ccccc2)=NC1.O=C(O)c1cc(Cc2ccccc2)[nH]n1. The minimum absolute atomic E-state index is 0.0564. The molecule has 18 rings (SSSR count). The molecule has 784 valence electrons. The van der Waals surface area contributed by atoms with Gasteiger partial charge in [0.25, 0.3) is 0 Å². The fraction of sp³-hybridized carbons (Fsp3) is 0.367. The van der Waals surface area contributed by atoms with Gasteiger partial charge in [-0.1, -0.05) is 171 Å². The number of aryl methyl sites for hydroxylation is 5. The Bertz CT molecular complexity index is 6630. The van der Waals surface area contributed by atoms with E-state index in [4.69, 9.17) is 48.7 Å². The number of alkyl carbamates (subject to hydrolysis) is 2. The molecule has 0 bridgehead atoms. The van der Waals surface area contributed by atoms with Crippen LogP contribution in [0, 0.1) is 11.9 Å². The molecule has 2 fully saturated rings. The normalized spacial score (nSPS) is 19.0. The number of fused-ring (bicyclic) bond motifs is 5. The Labute approximate surface area is 890 Å². The van der Waals surface area contributed by atoms with Crippen LogP contribution < -0.4 is 70.0 Å². The van der Waals surface area contributed by atoms with Crippen molar-refractivity contribution in [2.45, 2.75) is 244 Å². The van der Waals surface area contributed by atoms with Gasteiger partial charge in [0.05, 0.1) is 41.5 Å². The van der Waals surface area contributed by atoms with Gasteiger partial charge in [0.1, 0.15) is 35.4 Å². The van der Waals surface area contributed by atoms with Crippen molar-refractivity contribution in [2.24, 2.45) is 15.7 Å². The fourth-order valence-electron chi connectivity index (χ4n) is 16.6. The van der Waals surface area contributed by atoms with Crippen LogP contribution in [0.5, 0.6) is 0 Å². The molecule has 2 saturated heterocycles. The molecule has 16 N–H and O–H groups in total. The number of amides is 9. The molecule has 0 unspecified atom stereocenters. The van der Waals surface area contributed by atoms with Gasteiger partial charge in [0.2, 0.25) is 41.4 Å². The number of H-pyrrole nitrogens is 1. The third-order valence-electron chi connectivity index (χ3n) is 26.2. The van der Waals surface area contributed by atoms with E-state index < -0.39 is 97.3 Å². The van der Waals surface area contributed by atoms with Gasteiger partial charge in [-0.05, 0) is 283 Å². The molecule has 0 radical (unpaired) electrons. The Kier molecular flexibility index (Phi) is 39.2. The Morgan fingerprint density at radius 3 is 1.14 bits per heavy atom. The zero-order chi connectivity index (χ0) is 109. The first-order chi connectivity index (χ1) is 70.9. The first kappa shape index (κ1) is 115. The molecule has 8 aromatic carbocycles. The van der Waals surface area contributed by atoms with Gasteiger partial charge in [0.15, 0.2) is 5.69 Å². The third kappa shape index (κ3) is 32.9. The molecule has 5 atom stereocenters. The molecular formula is C109H126B4Br2N14O21. The van der Waals surface area contributed by atoms with E-state index in [0.717, 1.165) is 111 Å². The Balaban J connectivity index is 0.000000162. The van der Waals surface area contributed by atoms with Crippen LogP contribution in [0.4, 0.5) is 38.0 Å². The summed E-state index contributed by atoms with van der Waals surface area (Å²) >= 11 is 6.75. The van der Waals surface area contributed by atoms with Crippen LogP contribution in [0.15, 0.2) is 230 Å². The summed E-state index contributed by atoms with van der Waals surface area (Å²) in [5.41, 5.74) is 20.6. The van der Waals surface area contributed by atoms with E-state index in [1.54, 1.807) is 77.7 Å². The number of carbonyl (C=O) groups is 10. The van der Waals surface area contributed by atoms with Gasteiger partial charge in [0, 0.05) is 84.9 Å². The number of benzene rings is 8. The molecule has 9 aliphatic heterocycles. The number of rotatable bonds is 16. The van der Waals surface area contributed by atoms with E-state index in [1.165, 1.54) is 6.11 Å². The van der Waals surface area contributed by atoms with Crippen molar-refractivity contribution in [3.63, 3.8) is 0 Å². The molecule has 0 spiro atoms. The van der Waals surface area contributed by atoms with Crippen LogP contribution in [-0.2, 0) is 118 Å². The number of aromatic amines is 1. The van der Waals surface area contributed by atoms with Gasteiger partial charge < -0.3 is 96.8 Å². The monoisotopic (exact) mass is 2170 g/mol. The van der Waals surface area contributed by atoms with Crippen molar-refractivity contribution < 1.29 is 101 Å². The minimum Gasteiger partial charge on any atom is -0.476 e. The largest absolute Gasteiger partial charge is 0.488 e. The van der Waals surface area contributed by atoms with Crippen LogP contribution in [-0.4, -0.2) is 207 Å². The van der Waals surface area contributed by atoms with E-state index in [2.05, 4.69) is 99.9 Å². The smallest absolute Gasteiger partial charge is 0.476 e. The number of nitrogens with zero attached hydrogens (tertiary/aromatic N) is 3. The van der Waals surface area contributed by atoms with Crippen molar-refractivity contribution >= 4 is 176 Å². The van der Waals surface area contributed by atoms with E-state index in [-0.39, 0.29) is 53.1 Å². The number of aromatic nitrogens is 2. The Morgan fingerprint density at radius 2 is 0.800 bits per heavy atom. The van der Waals surface area contributed by atoms with Crippen molar-refractivity contribution in [1.29, 1.82) is 0 Å². The summed E-state index contributed by atoms with van der Waals surface area (Å²) < 4.78 is 46.0. The molecule has 150 heavy (non-hydrogen) atoms. The number of nitrogens with one attached hydrogen (secondary N) is 10. The summed E-state index contributed by atoms with van der Waals surface area (Å²) in [4.78, 5) is 131. The van der Waals surface area contributed by atoms with Gasteiger partial charge in [-0.2, -0.15) is 5.10 Å². The number of nitrogens with two attached hydrogens (primary N) is 1. The predicted octanol–water partition coefficient (Wildman–Crippen LogP) is 12.0. The number of allylic oxidation sites excluding steroid dienone is 2. The number of carboxylic acids is 1. The number of hydrogen-bond donors (Lipinski definition) is 15. The second-order valence-corrected chi connectivity index (χ2v) is 42.8. The standard InChI is InChI=1S/C28H32BN3O4.C22H22BN3O4.C21H31BN2O5.C15H19BrN2O3.C11H10N2O2.C10H11BrN2O.C2HBO2/c1-27(2)28(3,4)36-29(35-27)21-12-10-19-11-13-23(26(34)32-24(19)16-21)31-25(33)20-15-22(30-17-20)14-18-8-6-5-7-9-18;27-21(16-11-18(24-13-16)10-14-4-2-1-3-5-14)25-19-9-7-15-6-8-17(23(29)30)12-20(15)26-22(19)28;1-19(2,3)27-18(26)24-15-11-9-13-8-10-14(12-16(13)23-17(15)25)22-28-20(4,5)21(6,7)29-22;1-15(2,3)21-14(20)18-11-7-5-9-4-6-10(16)8-12(9)17-13(11)19;14-11(15)10-7-9(12-13-10)6-8-4-2-1-3-5-8;11-7-3-1-6-2-4-8(12)10(14)13-9(6)5-7;4-2-1-3-5/h5-10,12,15-16,23H,11,13-14,17H2,1-4H3,(H,31,33)(H,32,34);1-6,8,11-12,19,29-30H,7,9-10,13H2,(H,25,27)(H,26,28);8,10,12,15H,9,11H2,1-7H3,(H,23,25)(H,24,26);4,6,8,11H,5,7H2,1-3H3,(H,17,19)(H,18,20);1-5,7H,6H2,(H,12,13)(H,14,15);1,3,5,8H,2,4,12H2,(H,13,14);4H/t23-;19-;15-;11-;;8-;/m0000.0./s1. The van der Waals surface area contributed by atoms with Crippen molar-refractivity contribution in [2.75, 3.05) is 39.7 Å². The number of carboxylic acid groups (broad SMARTS) is 1. The molecule has 0 saturated carbocycles. The topological polar surface area (TPSA) is 512 Å². The molecule has 41 heteroatoms. The number of hydrogen-bond acceptors (Lipinski definition) is 24. The molecule has 9 aliphatic rings. The van der Waals surface area contributed by atoms with Crippen LogP contribution in [0.25, 0.3) is 0 Å². The van der Waals surface area contributed by atoms with Gasteiger partial charge in [-0.25, -0.2) is 14.4 Å². The average Bonchev–Trinajstić information content (AvgIpc) is 1.62. The van der Waals surface area contributed by atoms with Crippen LogP contribution in [0.3, 0.4) is 0 Å². The first-order valence-corrected chi connectivity index (χ1v) is 50.9. The van der Waals surface area contributed by atoms with Gasteiger partial charge in [-0.15, -0.1) is 0 Å². The number of carbonyl (C=O) groups excluding carboxylic acids is 9. The quantitative estimate of drug-likeness (QED) is 0.0315. The Hall–Kier alpha value is -13.8. The summed E-state index contributed by atoms with van der Waals surface area (Å²) in [6.07, 6.45) is 12.0. The maximum absolute atomic E-state index is 13.0. The van der Waals surface area contributed by atoms with E-state index in [9.17, 15) is 58.0 Å². The van der Waals surface area contributed by atoms with E-state index in [0.29, 0.717) is 120 Å². The zero-order valence-corrected chi connectivity index (χ0v) is 89.4. The fourth-order valence-corrected chi connectivity index (χ4v) is 17.4. The molecule has 10 heterocycles. The van der Waals surface area contributed by atoms with Crippen LogP contribution >= 0.6 is 31.9 Å². The van der Waals surface area contributed by atoms with Gasteiger partial charge >= 0.3 is 68.4 Å². The molecule has 35 nitrogen and oxygen atoms in total. The zero-order valence-electron chi connectivity index (χ0n) is 86.3. The molecule has 9 amide bonds. The number of aliphatic hydroxyl groups is 1. The van der Waals surface area contributed by atoms with Crippen molar-refractivity contribution in [3.8, 4) is 11.9 Å². The maximum atomic E-state index is 13.0. The summed E-state index contributed by atoms with van der Waals surface area (Å²) in [5, 5.41) is 66.6. The number of aromatic carboxylic acids is 1. The van der Waals surface area contributed by atoms with E-state index in [1.807, 2.05) is 225 Å². The third-order valence-corrected chi connectivity index (χ3v) is 27.1. The number of aliphatic imine (C=N–C) groups is 2. The number of aliphatic hydroxyl groups excluding tert-OH is 1. The second kappa shape index (κ2) is 51.1. The maximum Gasteiger partial charge on any atom is 0.488 e. The summed E-state index contributed by atoms with van der Waals surface area (Å²) in [6, 6.07) is 56.7. The van der Waals surface area contributed by atoms with Gasteiger partial charge in [-0.3, -0.25) is 48.6 Å². The second-order valence-electron chi connectivity index (χ2n) is 41.0. The number of halogens is 2. The van der Waals surface area contributed by atoms with Crippen LogP contribution in [0.2, 0.25) is 0 Å². The molecular weight excluding hydrogens is 2040 g/mol. The summed E-state index contributed by atoms with van der Waals surface area (Å²) in [6.45, 7) is 27.4. The Morgan fingerprint density at radius 1 is 0.467 bits per heavy atom.